The number of rotatable bonds is 0. The molecule has 12 heavy (non-hydrogen) atoms. The minimum absolute atomic E-state index is 0.994. The first kappa shape index (κ1) is 9.83. The van der Waals surface area contributed by atoms with E-state index in [0.717, 1.165) is 11.8 Å². The van der Waals surface area contributed by atoms with Crippen molar-refractivity contribution in [3.05, 3.63) is 11.6 Å². The molecular weight excluding hydrogens is 144 g/mol. The lowest BCUT2D eigenvalue weighted by atomic mass is 9.82. The maximum atomic E-state index is 2.45. The van der Waals surface area contributed by atoms with E-state index in [1.165, 1.54) is 32.1 Å². The van der Waals surface area contributed by atoms with Crippen molar-refractivity contribution in [3.63, 3.8) is 0 Å². The van der Waals surface area contributed by atoms with Gasteiger partial charge in [-0.3, -0.25) is 0 Å². The average molecular weight is 166 g/mol. The molecule has 0 aliphatic heterocycles. The Morgan fingerprint density at radius 3 is 2.58 bits per heavy atom. The molecule has 0 nitrogen and oxygen atoms in total. The number of allylic oxidation sites excluding steroid dienone is 2. The Bertz CT molecular complexity index is 155. The highest BCUT2D eigenvalue weighted by atomic mass is 14.3. The highest BCUT2D eigenvalue weighted by Gasteiger charge is 2.29. The van der Waals surface area contributed by atoms with Crippen molar-refractivity contribution < 1.29 is 0 Å². The molecule has 0 N–H and O–H groups in total. The van der Waals surface area contributed by atoms with E-state index in [9.17, 15) is 0 Å². The van der Waals surface area contributed by atoms with E-state index in [0.29, 0.717) is 0 Å². The van der Waals surface area contributed by atoms with E-state index in [1.54, 1.807) is 5.57 Å². The van der Waals surface area contributed by atoms with E-state index in [-0.39, 0.29) is 0 Å². The van der Waals surface area contributed by atoms with E-state index in [1.807, 2.05) is 13.8 Å². The molecule has 0 spiro atoms. The van der Waals surface area contributed by atoms with Crippen LogP contribution >= 0.6 is 0 Å². The summed E-state index contributed by atoms with van der Waals surface area (Å²) in [7, 11) is 0. The molecule has 0 aromatic heterocycles. The largest absolute Gasteiger partial charge is 0.0853 e. The monoisotopic (exact) mass is 166 g/mol. The van der Waals surface area contributed by atoms with Crippen molar-refractivity contribution in [1.29, 1.82) is 0 Å². The molecule has 0 amide bonds. The average Bonchev–Trinajstić information content (AvgIpc) is 2.57. The molecule has 0 heteroatoms. The van der Waals surface area contributed by atoms with Crippen molar-refractivity contribution in [2.75, 3.05) is 0 Å². The van der Waals surface area contributed by atoms with Crippen LogP contribution in [-0.2, 0) is 0 Å². The molecule has 0 saturated heterocycles. The van der Waals surface area contributed by atoms with Gasteiger partial charge >= 0.3 is 0 Å². The summed E-state index contributed by atoms with van der Waals surface area (Å²) in [5.74, 6) is 2.07. The lowest BCUT2D eigenvalue weighted by molar-refractivity contribution is 0.392. The van der Waals surface area contributed by atoms with Gasteiger partial charge in [-0.05, 0) is 44.4 Å². The van der Waals surface area contributed by atoms with Gasteiger partial charge in [0.1, 0.15) is 0 Å². The second-order valence-electron chi connectivity index (χ2n) is 3.82. The van der Waals surface area contributed by atoms with Gasteiger partial charge in [0.05, 0.1) is 0 Å². The third-order valence-corrected chi connectivity index (χ3v) is 3.25. The molecule has 2 aliphatic rings. The molecule has 0 heterocycles. The molecule has 0 bridgehead atoms. The van der Waals surface area contributed by atoms with Crippen molar-refractivity contribution in [3.8, 4) is 0 Å². The number of hydrogen-bond acceptors (Lipinski definition) is 0. The smallest absolute Gasteiger partial charge is 0.0178 e. The zero-order valence-corrected chi connectivity index (χ0v) is 8.77. The Morgan fingerprint density at radius 2 is 1.92 bits per heavy atom. The maximum Gasteiger partial charge on any atom is -0.0178 e. The minimum Gasteiger partial charge on any atom is -0.0853 e. The predicted octanol–water partition coefficient (Wildman–Crippen LogP) is 4.17. The molecule has 2 aliphatic carbocycles. The molecule has 2 rings (SSSR count). The molecule has 0 aromatic carbocycles. The van der Waals surface area contributed by atoms with Crippen LogP contribution < -0.4 is 0 Å². The molecule has 2 unspecified atom stereocenters. The van der Waals surface area contributed by atoms with Crippen LogP contribution in [0.3, 0.4) is 0 Å². The van der Waals surface area contributed by atoms with Crippen LogP contribution in [0.2, 0.25) is 0 Å². The van der Waals surface area contributed by atoms with Gasteiger partial charge in [-0.15, -0.1) is 0 Å². The third kappa shape index (κ3) is 1.91. The van der Waals surface area contributed by atoms with Gasteiger partial charge in [0.25, 0.3) is 0 Å². The Kier molecular flexibility index (Phi) is 3.84. The second-order valence-corrected chi connectivity index (χ2v) is 3.82. The maximum absolute atomic E-state index is 2.45. The van der Waals surface area contributed by atoms with Gasteiger partial charge in [-0.1, -0.05) is 31.9 Å². The van der Waals surface area contributed by atoms with Gasteiger partial charge in [0.15, 0.2) is 0 Å². The minimum atomic E-state index is 0.994. The lowest BCUT2D eigenvalue weighted by Crippen LogP contribution is -2.12. The molecule has 0 aromatic rings. The normalized spacial score (nSPS) is 33.1. The summed E-state index contributed by atoms with van der Waals surface area (Å²) in [6, 6.07) is 0. The van der Waals surface area contributed by atoms with Gasteiger partial charge in [0.2, 0.25) is 0 Å². The first-order chi connectivity index (χ1) is 5.88. The van der Waals surface area contributed by atoms with E-state index >= 15 is 0 Å². The summed E-state index contributed by atoms with van der Waals surface area (Å²) in [4.78, 5) is 0. The van der Waals surface area contributed by atoms with Gasteiger partial charge in [0, 0.05) is 0 Å². The summed E-state index contributed by atoms with van der Waals surface area (Å²) >= 11 is 0. The first-order valence-corrected chi connectivity index (χ1v) is 5.54. The fraction of sp³-hybridized carbons (Fsp3) is 0.833. The number of fused-ring (bicyclic) bond motifs is 1. The van der Waals surface area contributed by atoms with Crippen molar-refractivity contribution in [2.45, 2.75) is 52.9 Å². The topological polar surface area (TPSA) is 0 Å². The second kappa shape index (κ2) is 4.69. The van der Waals surface area contributed by atoms with Crippen LogP contribution in [0, 0.1) is 11.8 Å². The highest BCUT2D eigenvalue weighted by molar-refractivity contribution is 5.10. The van der Waals surface area contributed by atoms with Crippen molar-refractivity contribution in [1.82, 2.24) is 0 Å². The Morgan fingerprint density at radius 1 is 1.17 bits per heavy atom. The SMILES string of the molecule is CC.CC1=CCCC2CCCC12. The standard InChI is InChI=1S/C10H16.C2H6/c1-8-4-2-5-9-6-3-7-10(8)9;1-2/h4,9-10H,2-3,5-7H2,1H3;1-2H3. The summed E-state index contributed by atoms with van der Waals surface area (Å²) in [5, 5.41) is 0. The summed E-state index contributed by atoms with van der Waals surface area (Å²) in [6.45, 7) is 6.32. The van der Waals surface area contributed by atoms with Crippen LogP contribution in [0.4, 0.5) is 0 Å². The van der Waals surface area contributed by atoms with E-state index in [4.69, 9.17) is 0 Å². The van der Waals surface area contributed by atoms with Crippen molar-refractivity contribution in [2.24, 2.45) is 11.8 Å². The zero-order chi connectivity index (χ0) is 8.97. The number of hydrogen-bond donors (Lipinski definition) is 0. The van der Waals surface area contributed by atoms with E-state index in [2.05, 4.69) is 13.0 Å². The van der Waals surface area contributed by atoms with Gasteiger partial charge in [-0.25, -0.2) is 0 Å². The molecule has 70 valence electrons. The van der Waals surface area contributed by atoms with Crippen LogP contribution in [0.1, 0.15) is 52.9 Å². The molecule has 2 atom stereocenters. The molecule has 1 fully saturated rings. The first-order valence-electron chi connectivity index (χ1n) is 5.54. The fourth-order valence-corrected chi connectivity index (χ4v) is 2.66. The fourth-order valence-electron chi connectivity index (χ4n) is 2.66. The summed E-state index contributed by atoms with van der Waals surface area (Å²) in [6.07, 6.45) is 9.75. The lowest BCUT2D eigenvalue weighted by Gasteiger charge is -2.24. The predicted molar refractivity (Wildman–Crippen MR) is 55.2 cm³/mol. The van der Waals surface area contributed by atoms with E-state index < -0.39 is 0 Å². The zero-order valence-electron chi connectivity index (χ0n) is 8.77. The Labute approximate surface area is 77.1 Å². The van der Waals surface area contributed by atoms with Crippen LogP contribution in [0.25, 0.3) is 0 Å². The van der Waals surface area contributed by atoms with Crippen LogP contribution in [-0.4, -0.2) is 0 Å². The highest BCUT2D eigenvalue weighted by Crippen LogP contribution is 2.42. The van der Waals surface area contributed by atoms with Gasteiger partial charge in [-0.2, -0.15) is 0 Å². The van der Waals surface area contributed by atoms with Gasteiger partial charge < -0.3 is 0 Å². The molecule has 0 radical (unpaired) electrons. The Balaban J connectivity index is 0.000000336. The van der Waals surface area contributed by atoms with Crippen molar-refractivity contribution >= 4 is 0 Å². The summed E-state index contributed by atoms with van der Waals surface area (Å²) in [5.41, 5.74) is 1.69. The molecular formula is C12H22. The molecule has 1 saturated carbocycles. The Hall–Kier alpha value is -0.260. The van der Waals surface area contributed by atoms with Crippen LogP contribution in [0.15, 0.2) is 11.6 Å². The quantitative estimate of drug-likeness (QED) is 0.474. The third-order valence-electron chi connectivity index (χ3n) is 3.25. The van der Waals surface area contributed by atoms with Crippen LogP contribution in [0.5, 0.6) is 0 Å². The summed E-state index contributed by atoms with van der Waals surface area (Å²) < 4.78 is 0.